The summed E-state index contributed by atoms with van der Waals surface area (Å²) < 4.78 is 5.67. The molecule has 2 heteroatoms. The first-order valence-corrected chi connectivity index (χ1v) is 10.3. The fourth-order valence-corrected chi connectivity index (χ4v) is 5.80. The van der Waals surface area contributed by atoms with Gasteiger partial charge in [-0.25, -0.2) is 0 Å². The van der Waals surface area contributed by atoms with Crippen LogP contribution in [0.1, 0.15) is 40.5 Å². The van der Waals surface area contributed by atoms with Gasteiger partial charge in [-0.2, -0.15) is 0 Å². The van der Waals surface area contributed by atoms with E-state index in [4.69, 9.17) is 4.74 Å². The molecule has 0 spiro atoms. The molecule has 0 atom stereocenters. The van der Waals surface area contributed by atoms with Gasteiger partial charge in [-0.3, -0.25) is 0 Å². The number of rotatable bonds is 9. The van der Waals surface area contributed by atoms with Gasteiger partial charge in [0.15, 0.2) is 0 Å². The highest BCUT2D eigenvalue weighted by atomic mass is 28.3. The first-order valence-electron chi connectivity index (χ1n) is 6.91. The quantitative estimate of drug-likeness (QED) is 0.418. The molecule has 1 nitrogen and oxygen atoms in total. The monoisotopic (exact) mass is 244 g/mol. The summed E-state index contributed by atoms with van der Waals surface area (Å²) in [6.45, 7) is 16.1. The van der Waals surface area contributed by atoms with Crippen LogP contribution in [0.15, 0.2) is 0 Å². The fraction of sp³-hybridized carbons (Fsp3) is 1.00. The van der Waals surface area contributed by atoms with E-state index in [1.54, 1.807) is 0 Å². The molecule has 0 aromatic carbocycles. The Balaban J connectivity index is 3.43. The maximum Gasteiger partial charge on any atom is 0.0477 e. The van der Waals surface area contributed by atoms with Crippen LogP contribution >= 0.6 is 0 Å². The second-order valence-electron chi connectivity index (χ2n) is 6.66. The van der Waals surface area contributed by atoms with Gasteiger partial charge in [-0.1, -0.05) is 52.9 Å². The van der Waals surface area contributed by atoms with Gasteiger partial charge in [-0.05, 0) is 24.7 Å². The zero-order valence-electron chi connectivity index (χ0n) is 12.3. The first kappa shape index (κ1) is 16.2. The van der Waals surface area contributed by atoms with Crippen molar-refractivity contribution in [3.05, 3.63) is 0 Å². The Kier molecular flexibility index (Phi) is 8.39. The van der Waals surface area contributed by atoms with E-state index in [0.717, 1.165) is 25.0 Å². The molecule has 0 aliphatic carbocycles. The van der Waals surface area contributed by atoms with Gasteiger partial charge in [0.1, 0.15) is 0 Å². The molecular weight excluding hydrogens is 212 g/mol. The Morgan fingerprint density at radius 3 is 2.06 bits per heavy atom. The van der Waals surface area contributed by atoms with Gasteiger partial charge < -0.3 is 4.74 Å². The van der Waals surface area contributed by atoms with E-state index in [1.165, 1.54) is 24.9 Å². The molecule has 0 bridgehead atoms. The minimum atomic E-state index is -0.928. The minimum Gasteiger partial charge on any atom is -0.381 e. The summed E-state index contributed by atoms with van der Waals surface area (Å²) in [5, 5.41) is 0. The molecule has 0 saturated heterocycles. The molecule has 98 valence electrons. The fourth-order valence-electron chi connectivity index (χ4n) is 2.28. The van der Waals surface area contributed by atoms with Gasteiger partial charge in [0, 0.05) is 21.3 Å². The van der Waals surface area contributed by atoms with Crippen molar-refractivity contribution in [3.8, 4) is 0 Å². The molecule has 0 radical (unpaired) electrons. The Morgan fingerprint density at radius 2 is 1.56 bits per heavy atom. The van der Waals surface area contributed by atoms with Crippen LogP contribution in [0.5, 0.6) is 0 Å². The van der Waals surface area contributed by atoms with Crippen molar-refractivity contribution in [2.24, 2.45) is 11.8 Å². The van der Waals surface area contributed by atoms with Crippen LogP contribution in [0, 0.1) is 11.8 Å². The summed E-state index contributed by atoms with van der Waals surface area (Å²) in [6.07, 6.45) is 2.47. The van der Waals surface area contributed by atoms with E-state index in [2.05, 4.69) is 40.8 Å². The molecule has 0 aliphatic rings. The van der Waals surface area contributed by atoms with Crippen LogP contribution in [-0.4, -0.2) is 21.3 Å². The predicted molar refractivity (Wildman–Crippen MR) is 76.8 cm³/mol. The van der Waals surface area contributed by atoms with Crippen molar-refractivity contribution in [3.63, 3.8) is 0 Å². The van der Waals surface area contributed by atoms with Crippen LogP contribution in [0.3, 0.4) is 0 Å². The zero-order chi connectivity index (χ0) is 12.6. The molecule has 0 amide bonds. The standard InChI is InChI=1S/C14H32OSi/c1-13(2)8-10-15-9-7-11-16(5,6)12-14(3)4/h13-14H,7-12H2,1-6H3. The normalized spacial score (nSPS) is 12.8. The smallest absolute Gasteiger partial charge is 0.0477 e. The van der Waals surface area contributed by atoms with Gasteiger partial charge in [0.2, 0.25) is 0 Å². The average Bonchev–Trinajstić information content (AvgIpc) is 2.08. The third-order valence-electron chi connectivity index (χ3n) is 2.94. The topological polar surface area (TPSA) is 9.23 Å². The molecule has 0 aromatic heterocycles. The second kappa shape index (κ2) is 8.29. The van der Waals surface area contributed by atoms with E-state index in [-0.39, 0.29) is 0 Å². The SMILES string of the molecule is CC(C)CCOCCC[Si](C)(C)CC(C)C. The third kappa shape index (κ3) is 10.7. The van der Waals surface area contributed by atoms with E-state index in [9.17, 15) is 0 Å². The Labute approximate surface area is 104 Å². The molecule has 0 unspecified atom stereocenters. The van der Waals surface area contributed by atoms with Crippen LogP contribution < -0.4 is 0 Å². The lowest BCUT2D eigenvalue weighted by molar-refractivity contribution is 0.124. The Bertz CT molecular complexity index is 164. The molecule has 0 N–H and O–H groups in total. The summed E-state index contributed by atoms with van der Waals surface area (Å²) in [5.41, 5.74) is 0. The second-order valence-corrected chi connectivity index (χ2v) is 11.9. The molecule has 0 heterocycles. The van der Waals surface area contributed by atoms with Crippen molar-refractivity contribution in [2.45, 2.75) is 65.7 Å². The number of hydrogen-bond donors (Lipinski definition) is 0. The highest BCUT2D eigenvalue weighted by Gasteiger charge is 2.20. The molecule has 0 fully saturated rings. The van der Waals surface area contributed by atoms with Gasteiger partial charge >= 0.3 is 0 Å². The lowest BCUT2D eigenvalue weighted by atomic mass is 10.1. The summed E-state index contributed by atoms with van der Waals surface area (Å²) in [4.78, 5) is 0. The summed E-state index contributed by atoms with van der Waals surface area (Å²) in [5.74, 6) is 1.63. The van der Waals surface area contributed by atoms with Crippen LogP contribution in [0.4, 0.5) is 0 Å². The summed E-state index contributed by atoms with van der Waals surface area (Å²) >= 11 is 0. The lowest BCUT2D eigenvalue weighted by Gasteiger charge is -2.24. The number of hydrogen-bond acceptors (Lipinski definition) is 1. The van der Waals surface area contributed by atoms with Gasteiger partial charge in [0.05, 0.1) is 0 Å². The van der Waals surface area contributed by atoms with Crippen LogP contribution in [0.25, 0.3) is 0 Å². The average molecular weight is 244 g/mol. The van der Waals surface area contributed by atoms with Gasteiger partial charge in [-0.15, -0.1) is 0 Å². The van der Waals surface area contributed by atoms with Crippen molar-refractivity contribution in [1.29, 1.82) is 0 Å². The lowest BCUT2D eigenvalue weighted by Crippen LogP contribution is -2.27. The van der Waals surface area contributed by atoms with Crippen molar-refractivity contribution in [1.82, 2.24) is 0 Å². The van der Waals surface area contributed by atoms with Crippen LogP contribution in [-0.2, 0) is 4.74 Å². The highest BCUT2D eigenvalue weighted by Crippen LogP contribution is 2.22. The zero-order valence-corrected chi connectivity index (χ0v) is 13.3. The van der Waals surface area contributed by atoms with E-state index in [1.807, 2.05) is 0 Å². The van der Waals surface area contributed by atoms with Crippen molar-refractivity contribution in [2.75, 3.05) is 13.2 Å². The Morgan fingerprint density at radius 1 is 0.938 bits per heavy atom. The maximum atomic E-state index is 5.67. The molecule has 0 aromatic rings. The van der Waals surface area contributed by atoms with E-state index < -0.39 is 8.07 Å². The van der Waals surface area contributed by atoms with Crippen molar-refractivity contribution < 1.29 is 4.74 Å². The first-order chi connectivity index (χ1) is 7.33. The summed E-state index contributed by atoms with van der Waals surface area (Å²) in [6, 6.07) is 2.88. The maximum absolute atomic E-state index is 5.67. The van der Waals surface area contributed by atoms with Crippen LogP contribution in [0.2, 0.25) is 25.2 Å². The molecule has 0 aliphatic heterocycles. The predicted octanol–water partition coefficient (Wildman–Crippen LogP) is 4.80. The molecule has 16 heavy (non-hydrogen) atoms. The molecule has 0 rings (SSSR count). The largest absolute Gasteiger partial charge is 0.381 e. The van der Waals surface area contributed by atoms with E-state index in [0.29, 0.717) is 0 Å². The summed E-state index contributed by atoms with van der Waals surface area (Å²) in [7, 11) is -0.928. The highest BCUT2D eigenvalue weighted by molar-refractivity contribution is 6.77. The third-order valence-corrected chi connectivity index (χ3v) is 6.57. The van der Waals surface area contributed by atoms with Crippen molar-refractivity contribution >= 4 is 8.07 Å². The Hall–Kier alpha value is 0.177. The molecular formula is C14H32OSi. The van der Waals surface area contributed by atoms with E-state index >= 15 is 0 Å². The minimum absolute atomic E-state index is 0.770. The molecule has 0 saturated carbocycles. The number of ether oxygens (including phenoxy) is 1. The van der Waals surface area contributed by atoms with Gasteiger partial charge in [0.25, 0.3) is 0 Å².